The highest BCUT2D eigenvalue weighted by molar-refractivity contribution is 6.19. The summed E-state index contributed by atoms with van der Waals surface area (Å²) in [7, 11) is 0. The Bertz CT molecular complexity index is 448. The van der Waals surface area contributed by atoms with E-state index in [2.05, 4.69) is 5.32 Å². The minimum absolute atomic E-state index is 0.0873. The van der Waals surface area contributed by atoms with Gasteiger partial charge in [0.15, 0.2) is 0 Å². The van der Waals surface area contributed by atoms with E-state index in [-0.39, 0.29) is 17.9 Å². The molecule has 20 heavy (non-hydrogen) atoms. The second-order valence-corrected chi connectivity index (χ2v) is 6.51. The summed E-state index contributed by atoms with van der Waals surface area (Å²) < 4.78 is 0. The van der Waals surface area contributed by atoms with E-state index in [1.165, 1.54) is 4.90 Å². The number of rotatable bonds is 2. The van der Waals surface area contributed by atoms with Gasteiger partial charge in [-0.15, -0.1) is 0 Å². The van der Waals surface area contributed by atoms with Gasteiger partial charge in [-0.3, -0.25) is 19.8 Å². The first kappa shape index (κ1) is 13.6. The van der Waals surface area contributed by atoms with Crippen molar-refractivity contribution in [1.29, 1.82) is 0 Å². The van der Waals surface area contributed by atoms with Crippen molar-refractivity contribution in [3.05, 3.63) is 0 Å². The summed E-state index contributed by atoms with van der Waals surface area (Å²) in [6.07, 6.45) is 7.21. The molecule has 0 radical (unpaired) electrons. The van der Waals surface area contributed by atoms with Crippen LogP contribution >= 0.6 is 0 Å². The van der Waals surface area contributed by atoms with Gasteiger partial charge in [0.05, 0.1) is 0 Å². The maximum absolute atomic E-state index is 12.9. The van der Waals surface area contributed by atoms with Gasteiger partial charge in [0, 0.05) is 6.04 Å². The van der Waals surface area contributed by atoms with Crippen LogP contribution in [0.1, 0.15) is 58.3 Å². The van der Waals surface area contributed by atoms with Gasteiger partial charge < -0.3 is 0 Å². The first-order chi connectivity index (χ1) is 9.56. The summed E-state index contributed by atoms with van der Waals surface area (Å²) in [6, 6.07) is -0.606. The van der Waals surface area contributed by atoms with E-state index in [1.54, 1.807) is 0 Å². The van der Waals surface area contributed by atoms with Crippen molar-refractivity contribution < 1.29 is 14.4 Å². The van der Waals surface area contributed by atoms with Crippen LogP contribution in [0.25, 0.3) is 0 Å². The topological polar surface area (TPSA) is 66.5 Å². The van der Waals surface area contributed by atoms with E-state index in [9.17, 15) is 14.4 Å². The smallest absolute Gasteiger partial charge is 0.277 e. The number of nitrogens with zero attached hydrogens (tertiary/aromatic N) is 1. The van der Waals surface area contributed by atoms with Gasteiger partial charge in [-0.05, 0) is 38.5 Å². The van der Waals surface area contributed by atoms with Gasteiger partial charge in [0.2, 0.25) is 11.8 Å². The Hall–Kier alpha value is -1.39. The Morgan fingerprint density at radius 3 is 2.25 bits per heavy atom. The Morgan fingerprint density at radius 2 is 1.70 bits per heavy atom. The van der Waals surface area contributed by atoms with E-state index < -0.39 is 11.4 Å². The molecule has 2 saturated carbocycles. The molecular weight excluding hydrogens is 256 g/mol. The standard InChI is InChI=1S/C15H22N2O3/c1-10(11-6-7-11)17-13(19)15(12(18)16-14(17)20)8-4-2-3-5-9-15/h10-11H,2-9H2,1H3,(H,16,18,20). The first-order valence-corrected chi connectivity index (χ1v) is 7.75. The molecule has 2 aliphatic carbocycles. The summed E-state index contributed by atoms with van der Waals surface area (Å²) in [6.45, 7) is 1.93. The molecule has 1 heterocycles. The molecule has 5 nitrogen and oxygen atoms in total. The summed E-state index contributed by atoms with van der Waals surface area (Å²) in [5.41, 5.74) is -0.979. The third kappa shape index (κ3) is 2.03. The Balaban J connectivity index is 1.90. The van der Waals surface area contributed by atoms with E-state index in [0.717, 1.165) is 38.5 Å². The van der Waals surface area contributed by atoms with Gasteiger partial charge in [-0.25, -0.2) is 4.79 Å². The fourth-order valence-corrected chi connectivity index (χ4v) is 3.63. The molecule has 1 spiro atoms. The number of hydrogen-bond donors (Lipinski definition) is 1. The zero-order chi connectivity index (χ0) is 14.3. The maximum atomic E-state index is 12.9. The molecule has 1 aliphatic heterocycles. The predicted octanol–water partition coefficient (Wildman–Crippen LogP) is 2.20. The molecule has 3 fully saturated rings. The summed E-state index contributed by atoms with van der Waals surface area (Å²) >= 11 is 0. The van der Waals surface area contributed by atoms with Crippen LogP contribution in [-0.4, -0.2) is 28.8 Å². The molecular formula is C15H22N2O3. The molecule has 3 aliphatic rings. The molecule has 0 aromatic carbocycles. The Kier molecular flexibility index (Phi) is 3.30. The number of barbiturate groups is 1. The van der Waals surface area contributed by atoms with E-state index in [1.807, 2.05) is 6.92 Å². The first-order valence-electron chi connectivity index (χ1n) is 7.75. The van der Waals surface area contributed by atoms with Crippen molar-refractivity contribution in [2.24, 2.45) is 11.3 Å². The van der Waals surface area contributed by atoms with Gasteiger partial charge in [-0.2, -0.15) is 0 Å². The maximum Gasteiger partial charge on any atom is 0.331 e. The molecule has 3 rings (SSSR count). The van der Waals surface area contributed by atoms with Crippen molar-refractivity contribution in [3.8, 4) is 0 Å². The second kappa shape index (κ2) is 4.86. The molecule has 0 aromatic heterocycles. The highest BCUT2D eigenvalue weighted by atomic mass is 16.2. The fraction of sp³-hybridized carbons (Fsp3) is 0.800. The van der Waals surface area contributed by atoms with Crippen molar-refractivity contribution in [1.82, 2.24) is 10.2 Å². The van der Waals surface area contributed by atoms with Crippen molar-refractivity contribution >= 4 is 17.8 Å². The van der Waals surface area contributed by atoms with Crippen LogP contribution in [0, 0.1) is 11.3 Å². The third-order valence-corrected chi connectivity index (χ3v) is 5.17. The van der Waals surface area contributed by atoms with E-state index in [4.69, 9.17) is 0 Å². The van der Waals surface area contributed by atoms with Crippen LogP contribution in [0.3, 0.4) is 0 Å². The average Bonchev–Trinajstić information content (AvgIpc) is 3.24. The third-order valence-electron chi connectivity index (χ3n) is 5.17. The molecule has 0 aromatic rings. The van der Waals surface area contributed by atoms with Crippen LogP contribution in [0.4, 0.5) is 4.79 Å². The van der Waals surface area contributed by atoms with Crippen molar-refractivity contribution in [3.63, 3.8) is 0 Å². The van der Waals surface area contributed by atoms with Crippen LogP contribution in [0.15, 0.2) is 0 Å². The normalized spacial score (nSPS) is 28.2. The van der Waals surface area contributed by atoms with Crippen LogP contribution in [0.5, 0.6) is 0 Å². The summed E-state index contributed by atoms with van der Waals surface area (Å²) in [5, 5.41) is 2.44. The van der Waals surface area contributed by atoms with Gasteiger partial charge in [-0.1, -0.05) is 25.7 Å². The number of carbonyl (C=O) groups is 3. The Morgan fingerprint density at radius 1 is 1.10 bits per heavy atom. The monoisotopic (exact) mass is 278 g/mol. The minimum Gasteiger partial charge on any atom is -0.277 e. The number of urea groups is 1. The molecule has 1 unspecified atom stereocenters. The second-order valence-electron chi connectivity index (χ2n) is 6.51. The van der Waals surface area contributed by atoms with E-state index >= 15 is 0 Å². The molecule has 4 amide bonds. The molecule has 110 valence electrons. The molecule has 1 N–H and O–H groups in total. The van der Waals surface area contributed by atoms with Gasteiger partial charge >= 0.3 is 6.03 Å². The molecule has 1 saturated heterocycles. The van der Waals surface area contributed by atoms with Gasteiger partial charge in [0.1, 0.15) is 5.41 Å². The number of imide groups is 2. The van der Waals surface area contributed by atoms with Crippen LogP contribution in [-0.2, 0) is 9.59 Å². The lowest BCUT2D eigenvalue weighted by molar-refractivity contribution is -0.154. The zero-order valence-electron chi connectivity index (χ0n) is 12.0. The number of hydrogen-bond acceptors (Lipinski definition) is 3. The minimum atomic E-state index is -0.979. The van der Waals surface area contributed by atoms with Crippen molar-refractivity contribution in [2.45, 2.75) is 64.3 Å². The van der Waals surface area contributed by atoms with Crippen LogP contribution in [0.2, 0.25) is 0 Å². The van der Waals surface area contributed by atoms with Crippen molar-refractivity contribution in [2.75, 3.05) is 0 Å². The molecule has 1 atom stereocenters. The summed E-state index contributed by atoms with van der Waals surface area (Å²) in [4.78, 5) is 38.6. The highest BCUT2D eigenvalue weighted by Crippen LogP contribution is 2.42. The van der Waals surface area contributed by atoms with Gasteiger partial charge in [0.25, 0.3) is 0 Å². The molecule has 0 bridgehead atoms. The number of carbonyl (C=O) groups excluding carboxylic acids is 3. The summed E-state index contributed by atoms with van der Waals surface area (Å²) in [5.74, 6) is -0.193. The average molecular weight is 278 g/mol. The fourth-order valence-electron chi connectivity index (χ4n) is 3.63. The lowest BCUT2D eigenvalue weighted by atomic mass is 9.76. The lowest BCUT2D eigenvalue weighted by Gasteiger charge is -2.41. The van der Waals surface area contributed by atoms with Crippen LogP contribution < -0.4 is 5.32 Å². The zero-order valence-corrected chi connectivity index (χ0v) is 12.0. The van der Waals surface area contributed by atoms with E-state index in [0.29, 0.717) is 18.8 Å². The molecule has 5 heteroatoms. The quantitative estimate of drug-likeness (QED) is 0.787. The predicted molar refractivity (Wildman–Crippen MR) is 72.7 cm³/mol. The SMILES string of the molecule is CC(C1CC1)N1C(=O)NC(=O)C2(CCCCCC2)C1=O. The lowest BCUT2D eigenvalue weighted by Crippen LogP contribution is -2.65. The number of amides is 4. The largest absolute Gasteiger partial charge is 0.331 e. The highest BCUT2D eigenvalue weighted by Gasteiger charge is 2.55. The Labute approximate surface area is 119 Å². The number of nitrogens with one attached hydrogen (secondary N) is 1.